The lowest BCUT2D eigenvalue weighted by Crippen LogP contribution is -2.21. The highest BCUT2D eigenvalue weighted by Crippen LogP contribution is 2.38. The molecule has 0 radical (unpaired) electrons. The molecule has 2 nitrogen and oxygen atoms in total. The second kappa shape index (κ2) is 3.01. The molecular formula is C11H15ClN2. The van der Waals surface area contributed by atoms with Crippen molar-refractivity contribution in [3.8, 4) is 0 Å². The summed E-state index contributed by atoms with van der Waals surface area (Å²) >= 11 is 6.21. The van der Waals surface area contributed by atoms with E-state index in [2.05, 4.69) is 11.5 Å². The summed E-state index contributed by atoms with van der Waals surface area (Å²) in [5.74, 6) is 0. The Morgan fingerprint density at radius 1 is 1.43 bits per heavy atom. The molecule has 3 heteroatoms. The molecule has 1 fully saturated rings. The van der Waals surface area contributed by atoms with Crippen LogP contribution in [-0.2, 0) is 13.5 Å². The van der Waals surface area contributed by atoms with E-state index in [0.717, 1.165) is 17.6 Å². The number of nitrogens with zero attached hydrogens (tertiary/aromatic N) is 1. The zero-order valence-electron chi connectivity index (χ0n) is 8.39. The minimum absolute atomic E-state index is 0.566. The fraction of sp³-hybridized carbons (Fsp3) is 0.636. The first kappa shape index (κ1) is 8.81. The molecule has 0 aliphatic heterocycles. The normalized spacial score (nSPS) is 25.4. The fourth-order valence-corrected chi connectivity index (χ4v) is 2.63. The van der Waals surface area contributed by atoms with Crippen molar-refractivity contribution in [3.63, 3.8) is 0 Å². The molecule has 0 bridgehead atoms. The van der Waals surface area contributed by atoms with Crippen LogP contribution in [0.3, 0.4) is 0 Å². The SMILES string of the molecule is Cn1cc2c(c1Cl)CCC2NC1CC1. The van der Waals surface area contributed by atoms with Crippen LogP contribution in [0.4, 0.5) is 0 Å². The van der Waals surface area contributed by atoms with Crippen molar-refractivity contribution < 1.29 is 0 Å². The molecule has 1 N–H and O–H groups in total. The molecule has 2 aliphatic rings. The van der Waals surface area contributed by atoms with Crippen molar-refractivity contribution in [2.24, 2.45) is 7.05 Å². The van der Waals surface area contributed by atoms with Gasteiger partial charge in [-0.05, 0) is 36.8 Å². The lowest BCUT2D eigenvalue weighted by atomic mass is 10.2. The van der Waals surface area contributed by atoms with Gasteiger partial charge in [0.2, 0.25) is 0 Å². The van der Waals surface area contributed by atoms with Gasteiger partial charge in [-0.2, -0.15) is 0 Å². The van der Waals surface area contributed by atoms with Gasteiger partial charge in [-0.3, -0.25) is 0 Å². The summed E-state index contributed by atoms with van der Waals surface area (Å²) in [5, 5.41) is 4.61. The van der Waals surface area contributed by atoms with Crippen LogP contribution in [0.1, 0.15) is 36.4 Å². The van der Waals surface area contributed by atoms with Gasteiger partial charge in [0.25, 0.3) is 0 Å². The summed E-state index contributed by atoms with van der Waals surface area (Å²) in [6.45, 7) is 0. The van der Waals surface area contributed by atoms with E-state index in [0.29, 0.717) is 6.04 Å². The average Bonchev–Trinajstić information content (AvgIpc) is 2.83. The van der Waals surface area contributed by atoms with E-state index in [1.165, 1.54) is 30.4 Å². The van der Waals surface area contributed by atoms with Crippen LogP contribution < -0.4 is 5.32 Å². The van der Waals surface area contributed by atoms with E-state index < -0.39 is 0 Å². The molecule has 2 aliphatic carbocycles. The van der Waals surface area contributed by atoms with E-state index in [1.807, 2.05) is 11.6 Å². The molecule has 14 heavy (non-hydrogen) atoms. The highest BCUT2D eigenvalue weighted by Gasteiger charge is 2.31. The predicted molar refractivity (Wildman–Crippen MR) is 57.6 cm³/mol. The molecule has 1 heterocycles. The van der Waals surface area contributed by atoms with E-state index in [4.69, 9.17) is 11.6 Å². The lowest BCUT2D eigenvalue weighted by molar-refractivity contribution is 0.524. The Labute approximate surface area is 89.2 Å². The van der Waals surface area contributed by atoms with Gasteiger partial charge in [-0.1, -0.05) is 11.6 Å². The molecule has 0 spiro atoms. The standard InChI is InChI=1S/C11H15ClN2/c1-14-6-9-8(11(14)12)4-5-10(9)13-7-2-3-7/h6-7,10,13H,2-5H2,1H3. The minimum Gasteiger partial charge on any atom is -0.341 e. The maximum absolute atomic E-state index is 6.21. The summed E-state index contributed by atoms with van der Waals surface area (Å²) in [5.41, 5.74) is 2.80. The third-order valence-electron chi connectivity index (χ3n) is 3.31. The quantitative estimate of drug-likeness (QED) is 0.794. The zero-order valence-corrected chi connectivity index (χ0v) is 9.14. The maximum Gasteiger partial charge on any atom is 0.112 e. The van der Waals surface area contributed by atoms with E-state index in [-0.39, 0.29) is 0 Å². The summed E-state index contributed by atoms with van der Waals surface area (Å²) < 4.78 is 2.03. The molecule has 0 saturated heterocycles. The topological polar surface area (TPSA) is 17.0 Å². The van der Waals surface area contributed by atoms with Gasteiger partial charge < -0.3 is 9.88 Å². The third kappa shape index (κ3) is 1.29. The number of fused-ring (bicyclic) bond motifs is 1. The summed E-state index contributed by atoms with van der Waals surface area (Å²) in [7, 11) is 2.02. The number of rotatable bonds is 2. The number of nitrogens with one attached hydrogen (secondary N) is 1. The average molecular weight is 211 g/mol. The Morgan fingerprint density at radius 3 is 2.93 bits per heavy atom. The van der Waals surface area contributed by atoms with Crippen LogP contribution in [0, 0.1) is 0 Å². The van der Waals surface area contributed by atoms with Gasteiger partial charge >= 0.3 is 0 Å². The first-order chi connectivity index (χ1) is 6.75. The Kier molecular flexibility index (Phi) is 1.89. The molecule has 1 unspecified atom stereocenters. The molecule has 3 rings (SSSR count). The summed E-state index contributed by atoms with van der Waals surface area (Å²) in [6.07, 6.45) is 7.25. The highest BCUT2D eigenvalue weighted by atomic mass is 35.5. The van der Waals surface area contributed by atoms with Crippen molar-refractivity contribution in [1.82, 2.24) is 9.88 Å². The lowest BCUT2D eigenvalue weighted by Gasteiger charge is -2.11. The zero-order chi connectivity index (χ0) is 9.71. The number of hydrogen-bond acceptors (Lipinski definition) is 1. The molecule has 1 atom stereocenters. The van der Waals surface area contributed by atoms with Crippen molar-refractivity contribution in [1.29, 1.82) is 0 Å². The molecule has 1 aromatic rings. The van der Waals surface area contributed by atoms with Gasteiger partial charge in [-0.15, -0.1) is 0 Å². The first-order valence-corrected chi connectivity index (χ1v) is 5.73. The minimum atomic E-state index is 0.566. The molecular weight excluding hydrogens is 196 g/mol. The van der Waals surface area contributed by atoms with Crippen molar-refractivity contribution in [3.05, 3.63) is 22.5 Å². The fourth-order valence-electron chi connectivity index (χ4n) is 2.37. The van der Waals surface area contributed by atoms with E-state index >= 15 is 0 Å². The highest BCUT2D eigenvalue weighted by molar-refractivity contribution is 6.30. The van der Waals surface area contributed by atoms with E-state index in [9.17, 15) is 0 Å². The van der Waals surface area contributed by atoms with Gasteiger partial charge in [0.05, 0.1) is 0 Å². The number of halogens is 1. The molecule has 0 amide bonds. The largest absolute Gasteiger partial charge is 0.341 e. The predicted octanol–water partition coefficient (Wildman–Crippen LogP) is 2.42. The number of aromatic nitrogens is 1. The molecule has 76 valence electrons. The Balaban J connectivity index is 1.88. The van der Waals surface area contributed by atoms with Crippen LogP contribution in [0.25, 0.3) is 0 Å². The molecule has 0 aromatic carbocycles. The van der Waals surface area contributed by atoms with Crippen LogP contribution >= 0.6 is 11.6 Å². The Bertz CT molecular complexity index is 366. The number of hydrogen-bond donors (Lipinski definition) is 1. The Morgan fingerprint density at radius 2 is 2.21 bits per heavy atom. The van der Waals surface area contributed by atoms with Crippen molar-refractivity contribution in [2.75, 3.05) is 0 Å². The van der Waals surface area contributed by atoms with Gasteiger partial charge in [0.1, 0.15) is 5.15 Å². The van der Waals surface area contributed by atoms with Gasteiger partial charge in [0, 0.05) is 25.3 Å². The second-order valence-corrected chi connectivity index (χ2v) is 4.85. The second-order valence-electron chi connectivity index (χ2n) is 4.50. The van der Waals surface area contributed by atoms with Gasteiger partial charge in [0.15, 0.2) is 0 Å². The van der Waals surface area contributed by atoms with Crippen molar-refractivity contribution >= 4 is 11.6 Å². The van der Waals surface area contributed by atoms with Crippen LogP contribution in [-0.4, -0.2) is 10.6 Å². The molecule has 1 saturated carbocycles. The Hall–Kier alpha value is -0.470. The summed E-state index contributed by atoms with van der Waals surface area (Å²) in [6, 6.07) is 1.35. The van der Waals surface area contributed by atoms with Gasteiger partial charge in [-0.25, -0.2) is 0 Å². The van der Waals surface area contributed by atoms with Crippen LogP contribution in [0.2, 0.25) is 5.15 Å². The summed E-state index contributed by atoms with van der Waals surface area (Å²) in [4.78, 5) is 0. The monoisotopic (exact) mass is 210 g/mol. The van der Waals surface area contributed by atoms with Crippen LogP contribution in [0.15, 0.2) is 6.20 Å². The number of aryl methyl sites for hydroxylation is 1. The maximum atomic E-state index is 6.21. The first-order valence-electron chi connectivity index (χ1n) is 5.35. The third-order valence-corrected chi connectivity index (χ3v) is 3.81. The molecule has 1 aromatic heterocycles. The van der Waals surface area contributed by atoms with Crippen molar-refractivity contribution in [2.45, 2.75) is 37.8 Å². The smallest absolute Gasteiger partial charge is 0.112 e. The van der Waals surface area contributed by atoms with E-state index in [1.54, 1.807) is 0 Å². The van der Waals surface area contributed by atoms with Crippen LogP contribution in [0.5, 0.6) is 0 Å².